The summed E-state index contributed by atoms with van der Waals surface area (Å²) in [6.45, 7) is 7.67. The molecule has 0 radical (unpaired) electrons. The zero-order chi connectivity index (χ0) is 21.4. The molecule has 0 saturated heterocycles. The number of aromatic amines is 1. The van der Waals surface area contributed by atoms with E-state index < -0.39 is 11.9 Å². The molecule has 0 aliphatic carbocycles. The molecule has 0 fully saturated rings. The first-order valence-corrected chi connectivity index (χ1v) is 9.78. The second kappa shape index (κ2) is 7.62. The van der Waals surface area contributed by atoms with Crippen LogP contribution >= 0.6 is 0 Å². The van der Waals surface area contributed by atoms with Crippen LogP contribution in [0.15, 0.2) is 30.3 Å². The van der Waals surface area contributed by atoms with Crippen LogP contribution in [0.1, 0.15) is 46.1 Å². The number of benzene rings is 2. The summed E-state index contributed by atoms with van der Waals surface area (Å²) in [4.78, 5) is 28.5. The molecule has 4 aromatic rings. The van der Waals surface area contributed by atoms with Gasteiger partial charge in [0.05, 0.1) is 41.4 Å². The minimum atomic E-state index is -0.602. The van der Waals surface area contributed by atoms with Gasteiger partial charge in [0.15, 0.2) is 0 Å². The number of rotatable bonds is 5. The Morgan fingerprint density at radius 1 is 1.03 bits per heavy atom. The van der Waals surface area contributed by atoms with E-state index in [2.05, 4.69) is 15.3 Å². The van der Waals surface area contributed by atoms with E-state index in [1.807, 2.05) is 44.2 Å². The molecule has 0 aliphatic heterocycles. The number of fused-ring (bicyclic) bond motifs is 3. The van der Waals surface area contributed by atoms with Crippen LogP contribution in [-0.2, 0) is 9.47 Å². The smallest absolute Gasteiger partial charge is 0.355 e. The molecule has 0 saturated carbocycles. The largest absolute Gasteiger partial charge is 0.462 e. The molecule has 2 aromatic heterocycles. The molecule has 0 spiro atoms. The number of esters is 2. The monoisotopic (exact) mass is 406 g/mol. The molecule has 8 heteroatoms. The maximum atomic E-state index is 12.7. The predicted octanol–water partition coefficient (Wildman–Crippen LogP) is 3.87. The highest BCUT2D eigenvalue weighted by Crippen LogP contribution is 2.34. The first kappa shape index (κ1) is 19.6. The van der Waals surface area contributed by atoms with Crippen molar-refractivity contribution in [3.63, 3.8) is 0 Å². The number of hydrogen-bond donors (Lipinski definition) is 1. The summed E-state index contributed by atoms with van der Waals surface area (Å²) in [5.41, 5.74) is 3.42. The zero-order valence-electron chi connectivity index (χ0n) is 17.3. The van der Waals surface area contributed by atoms with Gasteiger partial charge in [-0.2, -0.15) is 0 Å². The van der Waals surface area contributed by atoms with Gasteiger partial charge in [0, 0.05) is 10.8 Å². The van der Waals surface area contributed by atoms with Crippen LogP contribution in [0.4, 0.5) is 0 Å². The average Bonchev–Trinajstić information content (AvgIpc) is 3.28. The minimum Gasteiger partial charge on any atom is -0.462 e. The Bertz CT molecular complexity index is 1290. The van der Waals surface area contributed by atoms with E-state index in [-0.39, 0.29) is 24.5 Å². The maximum absolute atomic E-state index is 12.7. The highest BCUT2D eigenvalue weighted by Gasteiger charge is 2.27. The fraction of sp³-hybridized carbons (Fsp3) is 0.273. The fourth-order valence-corrected chi connectivity index (χ4v) is 3.60. The number of nitrogens with zero attached hydrogens (tertiary/aromatic N) is 3. The van der Waals surface area contributed by atoms with Gasteiger partial charge < -0.3 is 14.5 Å². The van der Waals surface area contributed by atoms with Crippen LogP contribution in [0.2, 0.25) is 0 Å². The van der Waals surface area contributed by atoms with Gasteiger partial charge in [0.1, 0.15) is 5.69 Å². The highest BCUT2D eigenvalue weighted by molar-refractivity contribution is 6.19. The van der Waals surface area contributed by atoms with Gasteiger partial charge in [-0.05, 0) is 39.1 Å². The van der Waals surface area contributed by atoms with Gasteiger partial charge in [-0.25, -0.2) is 14.3 Å². The third-order valence-electron chi connectivity index (χ3n) is 5.11. The number of ether oxygens (including phenoxy) is 2. The third kappa shape index (κ3) is 3.01. The molecule has 154 valence electrons. The normalized spacial score (nSPS) is 11.2. The zero-order valence-corrected chi connectivity index (χ0v) is 17.3. The van der Waals surface area contributed by atoms with Crippen molar-refractivity contribution in [2.75, 3.05) is 13.2 Å². The molecular weight excluding hydrogens is 384 g/mol. The van der Waals surface area contributed by atoms with Crippen LogP contribution in [0.5, 0.6) is 0 Å². The second-order valence-corrected chi connectivity index (χ2v) is 6.85. The summed E-state index contributed by atoms with van der Waals surface area (Å²) >= 11 is 0. The number of carbonyl (C=O) groups excluding carboxylic acids is 2. The first-order chi connectivity index (χ1) is 14.5. The molecule has 0 unspecified atom stereocenters. The molecule has 0 amide bonds. The van der Waals surface area contributed by atoms with E-state index in [9.17, 15) is 9.59 Å². The van der Waals surface area contributed by atoms with Gasteiger partial charge in [-0.3, -0.25) is 0 Å². The lowest BCUT2D eigenvalue weighted by Crippen LogP contribution is -2.13. The molecule has 8 nitrogen and oxygen atoms in total. The van der Waals surface area contributed by atoms with E-state index in [4.69, 9.17) is 9.47 Å². The Labute approximate surface area is 172 Å². The number of carbonyl (C=O) groups is 2. The lowest BCUT2D eigenvalue weighted by Gasteiger charge is -2.09. The molecule has 2 aromatic carbocycles. The van der Waals surface area contributed by atoms with E-state index in [0.717, 1.165) is 27.8 Å². The average molecular weight is 406 g/mol. The Morgan fingerprint density at radius 3 is 2.43 bits per heavy atom. The summed E-state index contributed by atoms with van der Waals surface area (Å²) in [5.74, 6) is -1.17. The molecule has 0 atom stereocenters. The SMILES string of the molecule is CCOC(=O)c1[nH]c2c(ccc3cccc(-n4nnc(C)c4C)c32)c1C(=O)OCC. The summed E-state index contributed by atoms with van der Waals surface area (Å²) in [6, 6.07) is 9.55. The van der Waals surface area contributed by atoms with Crippen molar-refractivity contribution in [1.29, 1.82) is 0 Å². The molecule has 2 heterocycles. The van der Waals surface area contributed by atoms with Crippen LogP contribution in [-0.4, -0.2) is 45.1 Å². The second-order valence-electron chi connectivity index (χ2n) is 6.85. The Morgan fingerprint density at radius 2 is 1.77 bits per heavy atom. The van der Waals surface area contributed by atoms with Crippen LogP contribution in [0, 0.1) is 13.8 Å². The Balaban J connectivity index is 2.09. The van der Waals surface area contributed by atoms with Gasteiger partial charge >= 0.3 is 11.9 Å². The van der Waals surface area contributed by atoms with Crippen molar-refractivity contribution in [1.82, 2.24) is 20.0 Å². The van der Waals surface area contributed by atoms with Crippen LogP contribution in [0.3, 0.4) is 0 Å². The lowest BCUT2D eigenvalue weighted by atomic mass is 10.0. The van der Waals surface area contributed by atoms with E-state index in [0.29, 0.717) is 10.9 Å². The fourth-order valence-electron chi connectivity index (χ4n) is 3.60. The number of nitrogens with one attached hydrogen (secondary N) is 1. The van der Waals surface area contributed by atoms with Crippen molar-refractivity contribution in [2.24, 2.45) is 0 Å². The number of hydrogen-bond acceptors (Lipinski definition) is 6. The summed E-state index contributed by atoms with van der Waals surface area (Å²) in [7, 11) is 0. The molecule has 0 aliphatic rings. The standard InChI is InChI=1S/C22H22N4O4/c1-5-29-21(27)18-15-11-10-14-8-7-9-16(26-13(4)12(3)24-25-26)17(14)19(15)23-20(18)22(28)30-6-2/h7-11,23H,5-6H2,1-4H3. The van der Waals surface area contributed by atoms with Gasteiger partial charge in [0.2, 0.25) is 0 Å². The third-order valence-corrected chi connectivity index (χ3v) is 5.11. The molecule has 0 bridgehead atoms. The maximum Gasteiger partial charge on any atom is 0.355 e. The van der Waals surface area contributed by atoms with E-state index in [1.165, 1.54) is 0 Å². The Hall–Kier alpha value is -3.68. The van der Waals surface area contributed by atoms with Crippen molar-refractivity contribution >= 4 is 33.6 Å². The van der Waals surface area contributed by atoms with Crippen molar-refractivity contribution in [3.8, 4) is 5.69 Å². The number of H-pyrrole nitrogens is 1. The van der Waals surface area contributed by atoms with Crippen LogP contribution < -0.4 is 0 Å². The van der Waals surface area contributed by atoms with Gasteiger partial charge in [-0.1, -0.05) is 29.5 Å². The van der Waals surface area contributed by atoms with Crippen molar-refractivity contribution in [3.05, 3.63) is 53.0 Å². The summed E-state index contributed by atoms with van der Waals surface area (Å²) in [6.07, 6.45) is 0. The minimum absolute atomic E-state index is 0.0825. The first-order valence-electron chi connectivity index (χ1n) is 9.78. The summed E-state index contributed by atoms with van der Waals surface area (Å²) in [5, 5.41) is 10.8. The lowest BCUT2D eigenvalue weighted by molar-refractivity contribution is 0.0477. The van der Waals surface area contributed by atoms with E-state index >= 15 is 0 Å². The topological polar surface area (TPSA) is 99.1 Å². The van der Waals surface area contributed by atoms with Crippen molar-refractivity contribution in [2.45, 2.75) is 27.7 Å². The number of aryl methyl sites for hydroxylation is 1. The number of aromatic nitrogens is 4. The van der Waals surface area contributed by atoms with Crippen LogP contribution in [0.25, 0.3) is 27.4 Å². The van der Waals surface area contributed by atoms with E-state index in [1.54, 1.807) is 18.5 Å². The highest BCUT2D eigenvalue weighted by atomic mass is 16.5. The molecule has 1 N–H and O–H groups in total. The van der Waals surface area contributed by atoms with Gasteiger partial charge in [-0.15, -0.1) is 5.10 Å². The predicted molar refractivity (Wildman–Crippen MR) is 112 cm³/mol. The molecule has 30 heavy (non-hydrogen) atoms. The van der Waals surface area contributed by atoms with Crippen molar-refractivity contribution < 1.29 is 19.1 Å². The molecule has 4 rings (SSSR count). The Kier molecular flexibility index (Phi) is 4.99. The quantitative estimate of drug-likeness (QED) is 0.505. The van der Waals surface area contributed by atoms with Gasteiger partial charge in [0.25, 0.3) is 0 Å². The molecular formula is C22H22N4O4. The summed E-state index contributed by atoms with van der Waals surface area (Å²) < 4.78 is 12.1.